The highest BCUT2D eigenvalue weighted by Gasteiger charge is 2.32. The molecule has 178 valence electrons. The summed E-state index contributed by atoms with van der Waals surface area (Å²) in [5.41, 5.74) is 0.951. The maximum absolute atomic E-state index is 12.9. The number of thioether (sulfide) groups is 1. The molecule has 1 aliphatic rings. The second kappa shape index (κ2) is 9.85. The van der Waals surface area contributed by atoms with E-state index < -0.39 is 10.9 Å². The minimum Gasteiger partial charge on any atom is -0.496 e. The number of ether oxygens (including phenoxy) is 1. The molecule has 3 aromatic rings. The number of nitro groups is 1. The normalized spacial score (nSPS) is 15.7. The molecule has 1 saturated heterocycles. The summed E-state index contributed by atoms with van der Waals surface area (Å²) in [6, 6.07) is 13.7. The Balaban J connectivity index is 1.63. The number of carbonyl (C=O) groups excluding carboxylic acids is 1. The first kappa shape index (κ1) is 23.8. The predicted molar refractivity (Wildman–Crippen MR) is 131 cm³/mol. The molecule has 0 unspecified atom stereocenters. The van der Waals surface area contributed by atoms with Crippen molar-refractivity contribution in [3.05, 3.63) is 80.9 Å². The van der Waals surface area contributed by atoms with Gasteiger partial charge in [0, 0.05) is 18.7 Å². The molecule has 1 aromatic heterocycles. The number of carboxylic acids is 1. The van der Waals surface area contributed by atoms with Crippen LogP contribution in [0.25, 0.3) is 17.4 Å². The molecule has 2 heterocycles. The zero-order chi connectivity index (χ0) is 25.1. The molecule has 0 aliphatic carbocycles. The molecular formula is C24H19N3O7S. The van der Waals surface area contributed by atoms with Gasteiger partial charge >= 0.3 is 5.97 Å². The van der Waals surface area contributed by atoms with E-state index in [1.54, 1.807) is 30.3 Å². The minimum absolute atomic E-state index is 0.102. The van der Waals surface area contributed by atoms with Gasteiger partial charge in [-0.2, -0.15) is 0 Å². The Labute approximate surface area is 203 Å². The summed E-state index contributed by atoms with van der Waals surface area (Å²) in [4.78, 5) is 41.0. The monoisotopic (exact) mass is 493 g/mol. The minimum atomic E-state index is -1.06. The number of nitro benzene ring substituents is 1. The molecule has 0 radical (unpaired) electrons. The predicted octanol–water partition coefficient (Wildman–Crippen LogP) is 5.19. The average Bonchev–Trinajstić information content (AvgIpc) is 3.42. The quantitative estimate of drug-likeness (QED) is 0.270. The number of benzene rings is 2. The van der Waals surface area contributed by atoms with E-state index in [1.807, 2.05) is 6.92 Å². The van der Waals surface area contributed by atoms with Crippen LogP contribution >= 0.6 is 11.8 Å². The van der Waals surface area contributed by atoms with Crippen molar-refractivity contribution in [2.24, 2.45) is 4.99 Å². The fourth-order valence-electron chi connectivity index (χ4n) is 3.39. The van der Waals surface area contributed by atoms with E-state index in [2.05, 4.69) is 4.99 Å². The Morgan fingerprint density at radius 1 is 1.26 bits per heavy atom. The number of aliphatic imine (C=N–C) groups is 1. The summed E-state index contributed by atoms with van der Waals surface area (Å²) in [6.45, 7) is 2.19. The van der Waals surface area contributed by atoms with E-state index in [4.69, 9.17) is 9.15 Å². The van der Waals surface area contributed by atoms with Crippen LogP contribution in [0.2, 0.25) is 0 Å². The van der Waals surface area contributed by atoms with Crippen LogP contribution in [0.5, 0.6) is 5.75 Å². The molecule has 1 N–H and O–H groups in total. The lowest BCUT2D eigenvalue weighted by Gasteiger charge is -2.12. The highest BCUT2D eigenvalue weighted by Crippen LogP contribution is 2.37. The molecule has 0 saturated carbocycles. The number of nitrogens with zero attached hydrogens (tertiary/aromatic N) is 3. The number of rotatable bonds is 7. The van der Waals surface area contributed by atoms with Crippen LogP contribution in [0, 0.1) is 10.1 Å². The second-order valence-electron chi connectivity index (χ2n) is 7.25. The Hall–Kier alpha value is -4.38. The van der Waals surface area contributed by atoms with Gasteiger partial charge in [-0.15, -0.1) is 0 Å². The van der Waals surface area contributed by atoms with Crippen molar-refractivity contribution < 1.29 is 28.8 Å². The maximum Gasteiger partial charge on any atom is 0.335 e. The van der Waals surface area contributed by atoms with E-state index in [-0.39, 0.29) is 22.9 Å². The molecule has 0 spiro atoms. The smallest absolute Gasteiger partial charge is 0.335 e. The third-order valence-electron chi connectivity index (χ3n) is 5.08. The molecule has 4 rings (SSSR count). The van der Waals surface area contributed by atoms with Crippen molar-refractivity contribution >= 4 is 46.3 Å². The fraction of sp³-hybridized carbons (Fsp3) is 0.125. The third kappa shape index (κ3) is 4.94. The molecule has 0 bridgehead atoms. The summed E-state index contributed by atoms with van der Waals surface area (Å²) in [5, 5.41) is 20.7. The van der Waals surface area contributed by atoms with Gasteiger partial charge in [-0.05, 0) is 55.1 Å². The Bertz CT molecular complexity index is 1390. The molecule has 1 aliphatic heterocycles. The second-order valence-corrected chi connectivity index (χ2v) is 8.26. The largest absolute Gasteiger partial charge is 0.496 e. The number of amides is 1. The van der Waals surface area contributed by atoms with Gasteiger partial charge in [0.25, 0.3) is 11.6 Å². The zero-order valence-corrected chi connectivity index (χ0v) is 19.4. The molecule has 0 atom stereocenters. The SMILES string of the molecule is CCN1C(=O)/C(=C\c2ccc(-c3ccc([N+](=O)[O-])cc3OC)o2)SC1=Nc1cccc(C(=O)O)c1. The molecule has 11 heteroatoms. The highest BCUT2D eigenvalue weighted by atomic mass is 32.2. The summed E-state index contributed by atoms with van der Waals surface area (Å²) in [5.74, 6) is -0.202. The lowest BCUT2D eigenvalue weighted by molar-refractivity contribution is -0.384. The fourth-order valence-corrected chi connectivity index (χ4v) is 4.43. The van der Waals surface area contributed by atoms with Gasteiger partial charge in [-0.3, -0.25) is 19.8 Å². The molecule has 2 aromatic carbocycles. The van der Waals surface area contributed by atoms with Gasteiger partial charge < -0.3 is 14.3 Å². The average molecular weight is 493 g/mol. The summed E-state index contributed by atoms with van der Waals surface area (Å²) in [6.07, 6.45) is 1.59. The van der Waals surface area contributed by atoms with Gasteiger partial charge in [0.2, 0.25) is 0 Å². The standard InChI is InChI=1S/C24H19N3O7S/c1-3-26-22(28)21(35-24(26)25-15-6-4-5-14(11-15)23(29)30)13-17-8-10-19(34-17)18-9-7-16(27(31)32)12-20(18)33-2/h4-13H,3H2,1-2H3,(H,29,30)/b21-13+,25-24?. The van der Waals surface area contributed by atoms with Crippen molar-refractivity contribution in [2.75, 3.05) is 13.7 Å². The molecular weight excluding hydrogens is 474 g/mol. The van der Waals surface area contributed by atoms with Crippen molar-refractivity contribution in [3.63, 3.8) is 0 Å². The first-order valence-electron chi connectivity index (χ1n) is 10.4. The van der Waals surface area contributed by atoms with E-state index in [0.29, 0.717) is 39.4 Å². The number of likely N-dealkylation sites (N-methyl/N-ethyl adjacent to an activating group) is 1. The lowest BCUT2D eigenvalue weighted by Crippen LogP contribution is -2.28. The first-order valence-corrected chi connectivity index (χ1v) is 11.2. The molecule has 35 heavy (non-hydrogen) atoms. The van der Waals surface area contributed by atoms with Gasteiger partial charge in [0.05, 0.1) is 39.8 Å². The van der Waals surface area contributed by atoms with Crippen LogP contribution in [0.4, 0.5) is 11.4 Å². The third-order valence-corrected chi connectivity index (χ3v) is 6.09. The number of hydrogen-bond donors (Lipinski definition) is 1. The summed E-state index contributed by atoms with van der Waals surface area (Å²) < 4.78 is 11.1. The van der Waals surface area contributed by atoms with E-state index >= 15 is 0 Å². The maximum atomic E-state index is 12.9. The number of furan rings is 1. The van der Waals surface area contributed by atoms with Crippen LogP contribution in [0.15, 0.2) is 68.9 Å². The summed E-state index contributed by atoms with van der Waals surface area (Å²) in [7, 11) is 1.41. The lowest BCUT2D eigenvalue weighted by atomic mass is 10.1. The van der Waals surface area contributed by atoms with E-state index in [1.165, 1.54) is 42.3 Å². The molecule has 1 fully saturated rings. The van der Waals surface area contributed by atoms with Crippen LogP contribution in [-0.2, 0) is 4.79 Å². The number of carbonyl (C=O) groups is 2. The van der Waals surface area contributed by atoms with Crippen molar-refractivity contribution in [1.82, 2.24) is 4.90 Å². The Morgan fingerprint density at radius 2 is 2.06 bits per heavy atom. The van der Waals surface area contributed by atoms with Gasteiger partial charge in [0.15, 0.2) is 5.17 Å². The van der Waals surface area contributed by atoms with Crippen molar-refractivity contribution in [1.29, 1.82) is 0 Å². The van der Waals surface area contributed by atoms with Crippen LogP contribution in [-0.4, -0.2) is 45.6 Å². The number of aromatic carboxylic acids is 1. The van der Waals surface area contributed by atoms with Gasteiger partial charge in [0.1, 0.15) is 17.3 Å². The Kier molecular flexibility index (Phi) is 6.69. The molecule has 1 amide bonds. The number of carboxylic acid groups (broad SMARTS) is 1. The summed E-state index contributed by atoms with van der Waals surface area (Å²) >= 11 is 1.15. The van der Waals surface area contributed by atoms with E-state index in [9.17, 15) is 24.8 Å². The number of non-ortho nitro benzene ring substituents is 1. The van der Waals surface area contributed by atoms with Gasteiger partial charge in [-0.1, -0.05) is 6.07 Å². The van der Waals surface area contributed by atoms with Crippen molar-refractivity contribution in [3.8, 4) is 17.1 Å². The Morgan fingerprint density at radius 3 is 2.74 bits per heavy atom. The van der Waals surface area contributed by atoms with Crippen molar-refractivity contribution in [2.45, 2.75) is 6.92 Å². The van der Waals surface area contributed by atoms with Crippen LogP contribution in [0.1, 0.15) is 23.0 Å². The van der Waals surface area contributed by atoms with Crippen LogP contribution < -0.4 is 4.74 Å². The molecule has 10 nitrogen and oxygen atoms in total. The number of amidine groups is 1. The first-order chi connectivity index (χ1) is 16.8. The number of hydrogen-bond acceptors (Lipinski definition) is 8. The zero-order valence-electron chi connectivity index (χ0n) is 18.6. The van der Waals surface area contributed by atoms with Crippen LogP contribution in [0.3, 0.4) is 0 Å². The van der Waals surface area contributed by atoms with Gasteiger partial charge in [-0.25, -0.2) is 9.79 Å². The van der Waals surface area contributed by atoms with E-state index in [0.717, 1.165) is 11.8 Å². The topological polar surface area (TPSA) is 135 Å². The highest BCUT2D eigenvalue weighted by molar-refractivity contribution is 8.18. The number of methoxy groups -OCH3 is 1.